The van der Waals surface area contributed by atoms with Crippen LogP contribution in [0.25, 0.3) is 11.4 Å². The fourth-order valence-corrected chi connectivity index (χ4v) is 4.23. The molecule has 6 nitrogen and oxygen atoms in total. The molecule has 2 aromatic carbocycles. The molecule has 3 N–H and O–H groups in total. The predicted molar refractivity (Wildman–Crippen MR) is 112 cm³/mol. The van der Waals surface area contributed by atoms with Crippen LogP contribution in [0.3, 0.4) is 0 Å². The number of fused-ring (bicyclic) bond motifs is 1. The molecule has 1 heterocycles. The molecule has 0 saturated carbocycles. The van der Waals surface area contributed by atoms with Gasteiger partial charge in [0.1, 0.15) is 0 Å². The van der Waals surface area contributed by atoms with Crippen molar-refractivity contribution in [3.63, 3.8) is 0 Å². The van der Waals surface area contributed by atoms with Crippen LogP contribution in [-0.2, 0) is 11.2 Å². The van der Waals surface area contributed by atoms with Gasteiger partial charge in [0, 0.05) is 10.6 Å². The molecule has 1 unspecified atom stereocenters. The molecule has 0 fully saturated rings. The molecule has 0 bridgehead atoms. The lowest BCUT2D eigenvalue weighted by Crippen LogP contribution is -2.32. The standard InChI is InChI=1S/C20H20ClN5OS/c21-15-10-8-14(9-11-15)19-24-25-20(26(19)22)28-12-18(27)23-17-7-3-5-13-4-1-2-6-16(13)17/h1-2,4,6,8-11,17H,3,5,7,12,22H2,(H,23,27). The minimum atomic E-state index is -0.0391. The molecule has 0 radical (unpaired) electrons. The second-order valence-electron chi connectivity index (χ2n) is 6.68. The number of nitrogen functional groups attached to an aromatic ring is 1. The van der Waals surface area contributed by atoms with Crippen molar-refractivity contribution in [3.05, 3.63) is 64.7 Å². The van der Waals surface area contributed by atoms with Crippen molar-refractivity contribution in [2.45, 2.75) is 30.5 Å². The number of nitrogens with two attached hydrogens (primary N) is 1. The van der Waals surface area contributed by atoms with Crippen molar-refractivity contribution in [1.82, 2.24) is 20.2 Å². The van der Waals surface area contributed by atoms with E-state index in [1.54, 1.807) is 12.1 Å². The number of rotatable bonds is 5. The number of aryl methyl sites for hydroxylation is 1. The Bertz CT molecular complexity index is 989. The fourth-order valence-electron chi connectivity index (χ4n) is 3.44. The first kappa shape index (κ1) is 18.8. The molecular weight excluding hydrogens is 394 g/mol. The number of nitrogens with zero attached hydrogens (tertiary/aromatic N) is 3. The number of aromatic nitrogens is 3. The smallest absolute Gasteiger partial charge is 0.230 e. The van der Waals surface area contributed by atoms with E-state index in [0.717, 1.165) is 24.8 Å². The van der Waals surface area contributed by atoms with Crippen molar-refractivity contribution < 1.29 is 4.79 Å². The van der Waals surface area contributed by atoms with E-state index in [-0.39, 0.29) is 17.7 Å². The van der Waals surface area contributed by atoms with Crippen molar-refractivity contribution in [2.75, 3.05) is 11.6 Å². The Balaban J connectivity index is 1.39. The lowest BCUT2D eigenvalue weighted by atomic mass is 9.88. The minimum absolute atomic E-state index is 0.0391. The highest BCUT2D eigenvalue weighted by molar-refractivity contribution is 7.99. The van der Waals surface area contributed by atoms with Gasteiger partial charge in [-0.3, -0.25) is 4.79 Å². The number of thioether (sulfide) groups is 1. The largest absolute Gasteiger partial charge is 0.349 e. The Hall–Kier alpha value is -2.51. The van der Waals surface area contributed by atoms with Gasteiger partial charge < -0.3 is 11.2 Å². The van der Waals surface area contributed by atoms with E-state index in [0.29, 0.717) is 16.0 Å². The first-order valence-electron chi connectivity index (χ1n) is 9.08. The number of carbonyl (C=O) groups excluding carboxylic acids is 1. The lowest BCUT2D eigenvalue weighted by molar-refractivity contribution is -0.119. The van der Waals surface area contributed by atoms with Gasteiger partial charge in [-0.05, 0) is 54.7 Å². The molecule has 1 aromatic heterocycles. The normalized spacial score (nSPS) is 15.8. The molecule has 0 saturated heterocycles. The molecule has 0 aliphatic heterocycles. The van der Waals surface area contributed by atoms with Crippen LogP contribution in [-0.4, -0.2) is 26.5 Å². The van der Waals surface area contributed by atoms with E-state index in [4.69, 9.17) is 17.4 Å². The molecule has 1 atom stereocenters. The quantitative estimate of drug-likeness (QED) is 0.493. The Morgan fingerprint density at radius 2 is 2.00 bits per heavy atom. The van der Waals surface area contributed by atoms with Crippen LogP contribution in [0.4, 0.5) is 0 Å². The maximum atomic E-state index is 12.5. The number of halogens is 1. The van der Waals surface area contributed by atoms with E-state index in [1.807, 2.05) is 24.3 Å². The summed E-state index contributed by atoms with van der Waals surface area (Å²) in [6.45, 7) is 0. The summed E-state index contributed by atoms with van der Waals surface area (Å²) in [5, 5.41) is 12.5. The second-order valence-corrected chi connectivity index (χ2v) is 8.06. The van der Waals surface area contributed by atoms with E-state index in [9.17, 15) is 4.79 Å². The average molecular weight is 414 g/mol. The van der Waals surface area contributed by atoms with E-state index < -0.39 is 0 Å². The van der Waals surface area contributed by atoms with Gasteiger partial charge in [0.2, 0.25) is 11.1 Å². The van der Waals surface area contributed by atoms with E-state index in [1.165, 1.54) is 27.6 Å². The Kier molecular flexibility index (Phi) is 5.54. The third-order valence-corrected chi connectivity index (χ3v) is 6.00. The van der Waals surface area contributed by atoms with Gasteiger partial charge in [-0.2, -0.15) is 0 Å². The SMILES string of the molecule is Nn1c(SCC(=O)NC2CCCc3ccccc32)nnc1-c1ccc(Cl)cc1. The topological polar surface area (TPSA) is 85.8 Å². The third kappa shape index (κ3) is 4.00. The minimum Gasteiger partial charge on any atom is -0.349 e. The van der Waals surface area contributed by atoms with Gasteiger partial charge in [-0.1, -0.05) is 47.6 Å². The molecular formula is C20H20ClN5OS. The van der Waals surface area contributed by atoms with Crippen molar-refractivity contribution in [1.29, 1.82) is 0 Å². The maximum absolute atomic E-state index is 12.5. The highest BCUT2D eigenvalue weighted by Crippen LogP contribution is 2.29. The molecule has 1 aliphatic rings. The summed E-state index contributed by atoms with van der Waals surface area (Å²) in [6.07, 6.45) is 3.11. The first-order chi connectivity index (χ1) is 13.6. The zero-order chi connectivity index (χ0) is 19.5. The number of nitrogens with one attached hydrogen (secondary N) is 1. The van der Waals surface area contributed by atoms with Crippen LogP contribution in [0, 0.1) is 0 Å². The molecule has 4 rings (SSSR count). The van der Waals surface area contributed by atoms with Crippen molar-refractivity contribution in [2.24, 2.45) is 0 Å². The summed E-state index contributed by atoms with van der Waals surface area (Å²) in [5.74, 6) is 6.83. The molecule has 3 aromatic rings. The van der Waals surface area contributed by atoms with Gasteiger partial charge in [0.25, 0.3) is 0 Å². The molecule has 28 heavy (non-hydrogen) atoms. The summed E-state index contributed by atoms with van der Waals surface area (Å²) >= 11 is 7.19. The highest BCUT2D eigenvalue weighted by atomic mass is 35.5. The van der Waals surface area contributed by atoms with Crippen LogP contribution in [0.15, 0.2) is 53.7 Å². The summed E-state index contributed by atoms with van der Waals surface area (Å²) in [7, 11) is 0. The monoisotopic (exact) mass is 413 g/mol. The molecule has 144 valence electrons. The number of benzene rings is 2. The zero-order valence-corrected chi connectivity index (χ0v) is 16.7. The van der Waals surface area contributed by atoms with Crippen LogP contribution in [0.2, 0.25) is 5.02 Å². The van der Waals surface area contributed by atoms with Gasteiger partial charge >= 0.3 is 0 Å². The molecule has 1 aliphatic carbocycles. The van der Waals surface area contributed by atoms with Gasteiger partial charge in [0.05, 0.1) is 11.8 Å². The van der Waals surface area contributed by atoms with E-state index >= 15 is 0 Å². The fraction of sp³-hybridized carbons (Fsp3) is 0.250. The number of amides is 1. The molecule has 1 amide bonds. The van der Waals surface area contributed by atoms with Crippen molar-refractivity contribution >= 4 is 29.3 Å². The summed E-state index contributed by atoms with van der Waals surface area (Å²) in [4.78, 5) is 12.5. The number of hydrogen-bond donors (Lipinski definition) is 2. The number of carbonyl (C=O) groups is 1. The van der Waals surface area contributed by atoms with Crippen LogP contribution < -0.4 is 11.2 Å². The summed E-state index contributed by atoms with van der Waals surface area (Å²) < 4.78 is 1.40. The second kappa shape index (κ2) is 8.24. The van der Waals surface area contributed by atoms with Gasteiger partial charge in [-0.25, -0.2) is 4.68 Å². The van der Waals surface area contributed by atoms with E-state index in [2.05, 4.69) is 27.6 Å². The third-order valence-electron chi connectivity index (χ3n) is 4.80. The summed E-state index contributed by atoms with van der Waals surface area (Å²) in [6, 6.07) is 15.6. The van der Waals surface area contributed by atoms with Gasteiger partial charge in [-0.15, -0.1) is 10.2 Å². The lowest BCUT2D eigenvalue weighted by Gasteiger charge is -2.26. The highest BCUT2D eigenvalue weighted by Gasteiger charge is 2.22. The Labute approximate surface area is 172 Å². The van der Waals surface area contributed by atoms with Crippen LogP contribution in [0.1, 0.15) is 30.0 Å². The average Bonchev–Trinajstić information content (AvgIpc) is 3.08. The van der Waals surface area contributed by atoms with Crippen molar-refractivity contribution in [3.8, 4) is 11.4 Å². The predicted octanol–water partition coefficient (Wildman–Crippen LogP) is 3.60. The zero-order valence-electron chi connectivity index (χ0n) is 15.1. The summed E-state index contributed by atoms with van der Waals surface area (Å²) in [5.41, 5.74) is 3.36. The number of hydrogen-bond acceptors (Lipinski definition) is 5. The Morgan fingerprint density at radius 3 is 2.82 bits per heavy atom. The van der Waals surface area contributed by atoms with Gasteiger partial charge in [0.15, 0.2) is 5.82 Å². The van der Waals surface area contributed by atoms with Crippen LogP contribution in [0.5, 0.6) is 0 Å². The Morgan fingerprint density at radius 1 is 1.21 bits per heavy atom. The van der Waals surface area contributed by atoms with Crippen LogP contribution >= 0.6 is 23.4 Å². The molecule has 0 spiro atoms. The molecule has 8 heteroatoms. The first-order valence-corrected chi connectivity index (χ1v) is 10.4. The maximum Gasteiger partial charge on any atom is 0.230 e.